The Labute approximate surface area is 171 Å². The minimum absolute atomic E-state index is 0.191. The number of aromatic nitrogens is 4. The van der Waals surface area contributed by atoms with Crippen molar-refractivity contribution < 1.29 is 4.79 Å². The van der Waals surface area contributed by atoms with Crippen molar-refractivity contribution in [3.8, 4) is 0 Å². The van der Waals surface area contributed by atoms with Gasteiger partial charge in [-0.3, -0.25) is 4.79 Å². The molecule has 0 saturated carbocycles. The molecule has 2 aromatic heterocycles. The number of aromatic amines is 1. The second-order valence-corrected chi connectivity index (χ2v) is 8.25. The monoisotopic (exact) mass is 411 g/mol. The van der Waals surface area contributed by atoms with Crippen molar-refractivity contribution in [2.24, 2.45) is 5.92 Å². The number of hydrogen-bond donors (Lipinski definition) is 2. The first-order valence-electron chi connectivity index (χ1n) is 9.16. The van der Waals surface area contributed by atoms with Crippen molar-refractivity contribution in [1.82, 2.24) is 19.7 Å². The molecule has 0 amide bonds. The number of H-pyrrole nitrogens is 1. The number of anilines is 1. The molecule has 6 nitrogen and oxygen atoms in total. The van der Waals surface area contributed by atoms with Gasteiger partial charge in [0.05, 0.1) is 12.0 Å². The van der Waals surface area contributed by atoms with Crippen LogP contribution in [0.1, 0.15) is 30.0 Å². The smallest absolute Gasteiger partial charge is 0.227 e. The van der Waals surface area contributed by atoms with E-state index in [0.717, 1.165) is 28.3 Å². The van der Waals surface area contributed by atoms with Crippen LogP contribution in [0.5, 0.6) is 0 Å². The van der Waals surface area contributed by atoms with Crippen molar-refractivity contribution in [1.29, 1.82) is 0 Å². The second kappa shape index (κ2) is 7.14. The van der Waals surface area contributed by atoms with E-state index < -0.39 is 0 Å². The van der Waals surface area contributed by atoms with E-state index in [-0.39, 0.29) is 17.7 Å². The molecule has 8 heteroatoms. The third-order valence-corrected chi connectivity index (χ3v) is 6.42. The Bertz CT molecular complexity index is 1060. The Hall–Kier alpha value is -2.51. The lowest BCUT2D eigenvalue weighted by Gasteiger charge is -2.35. The predicted octanol–water partition coefficient (Wildman–Crippen LogP) is 4.43. The molecule has 0 spiro atoms. The number of carbonyl (C=O) groups excluding carboxylic acids is 1. The van der Waals surface area contributed by atoms with Crippen molar-refractivity contribution in [3.63, 3.8) is 0 Å². The molecule has 28 heavy (non-hydrogen) atoms. The van der Waals surface area contributed by atoms with Crippen LogP contribution in [0.4, 0.5) is 5.95 Å². The number of nitrogens with zero attached hydrogens (tertiary/aromatic N) is 3. The predicted molar refractivity (Wildman–Crippen MR) is 109 cm³/mol. The average Bonchev–Trinajstić information content (AvgIpc) is 3.35. The third kappa shape index (κ3) is 3.04. The van der Waals surface area contributed by atoms with Gasteiger partial charge in [0.15, 0.2) is 0 Å². The van der Waals surface area contributed by atoms with Crippen LogP contribution in [0.15, 0.2) is 59.7 Å². The molecule has 0 fully saturated rings. The Kier molecular flexibility index (Phi) is 4.49. The molecule has 2 aliphatic rings. The zero-order chi connectivity index (χ0) is 19.1. The van der Waals surface area contributed by atoms with Crippen molar-refractivity contribution in [2.75, 3.05) is 5.32 Å². The molecule has 3 aromatic rings. The van der Waals surface area contributed by atoms with E-state index in [2.05, 4.69) is 21.4 Å². The van der Waals surface area contributed by atoms with Gasteiger partial charge in [0.1, 0.15) is 5.78 Å². The summed E-state index contributed by atoms with van der Waals surface area (Å²) in [5.74, 6) is 1.34. The maximum atomic E-state index is 12.7. The number of hydrogen-bond acceptors (Lipinski definition) is 5. The Morgan fingerprint density at radius 2 is 2.18 bits per heavy atom. The standard InChI is InChI=1S/C20H18ClN5OS/c21-14-5-2-1-4-13(14)11-28-20-24-19-23-15-6-3-7-16(27)17(15)18(26(19)25-20)12-8-9-22-10-12/h1-2,4-6,8-10,17-18,22H,3,7,11H2,(H,23,24,25)/t17-,18-/m1/s1. The highest BCUT2D eigenvalue weighted by Crippen LogP contribution is 2.42. The highest BCUT2D eigenvalue weighted by Gasteiger charge is 2.41. The lowest BCUT2D eigenvalue weighted by molar-refractivity contribution is -0.123. The number of rotatable bonds is 4. The van der Waals surface area contributed by atoms with Crippen LogP contribution in [0, 0.1) is 5.92 Å². The van der Waals surface area contributed by atoms with Crippen LogP contribution in [0.2, 0.25) is 5.02 Å². The first-order valence-corrected chi connectivity index (χ1v) is 10.5. The van der Waals surface area contributed by atoms with Crippen LogP contribution in [-0.4, -0.2) is 25.5 Å². The molecular weight excluding hydrogens is 394 g/mol. The van der Waals surface area contributed by atoms with E-state index in [4.69, 9.17) is 16.7 Å². The van der Waals surface area contributed by atoms with Gasteiger partial charge in [0.2, 0.25) is 11.1 Å². The highest BCUT2D eigenvalue weighted by atomic mass is 35.5. The molecule has 0 saturated heterocycles. The summed E-state index contributed by atoms with van der Waals surface area (Å²) in [6, 6.07) is 9.59. The molecule has 3 heterocycles. The largest absolute Gasteiger partial charge is 0.367 e. The topological polar surface area (TPSA) is 75.6 Å². The van der Waals surface area contributed by atoms with Gasteiger partial charge in [-0.15, -0.1) is 5.10 Å². The first kappa shape index (κ1) is 17.6. The molecule has 2 N–H and O–H groups in total. The number of carbonyl (C=O) groups is 1. The minimum atomic E-state index is -0.250. The Balaban J connectivity index is 1.49. The number of fused-ring (bicyclic) bond motifs is 2. The number of Topliss-reactive ketones (excluding diaryl/α,β-unsaturated/α-hetero) is 1. The summed E-state index contributed by atoms with van der Waals surface area (Å²) in [6.45, 7) is 0. The fourth-order valence-electron chi connectivity index (χ4n) is 3.83. The normalized spacial score (nSPS) is 20.9. The maximum Gasteiger partial charge on any atom is 0.227 e. The minimum Gasteiger partial charge on any atom is -0.367 e. The number of allylic oxidation sites excluding steroid dienone is 2. The van der Waals surface area contributed by atoms with Gasteiger partial charge >= 0.3 is 0 Å². The molecule has 1 aromatic carbocycles. The van der Waals surface area contributed by atoms with E-state index in [1.807, 2.05) is 47.4 Å². The van der Waals surface area contributed by atoms with Crippen LogP contribution in [-0.2, 0) is 10.5 Å². The van der Waals surface area contributed by atoms with Crippen molar-refractivity contribution >= 4 is 35.1 Å². The quantitative estimate of drug-likeness (QED) is 0.621. The van der Waals surface area contributed by atoms with Gasteiger partial charge in [-0.1, -0.05) is 47.6 Å². The van der Waals surface area contributed by atoms with Gasteiger partial charge in [-0.05, 0) is 29.7 Å². The first-order chi connectivity index (χ1) is 13.7. The molecule has 0 bridgehead atoms. The fraction of sp³-hybridized carbons (Fsp3) is 0.250. The van der Waals surface area contributed by atoms with Crippen LogP contribution < -0.4 is 5.32 Å². The summed E-state index contributed by atoms with van der Waals surface area (Å²) in [6.07, 6.45) is 7.24. The lowest BCUT2D eigenvalue weighted by Crippen LogP contribution is -2.38. The van der Waals surface area contributed by atoms with E-state index in [1.165, 1.54) is 11.8 Å². The van der Waals surface area contributed by atoms with E-state index >= 15 is 0 Å². The Morgan fingerprint density at radius 3 is 3.00 bits per heavy atom. The lowest BCUT2D eigenvalue weighted by atomic mass is 9.81. The summed E-state index contributed by atoms with van der Waals surface area (Å²) in [5.41, 5.74) is 3.01. The molecular formula is C20H18ClN5OS. The summed E-state index contributed by atoms with van der Waals surface area (Å²) in [7, 11) is 0. The number of halogens is 1. The van der Waals surface area contributed by atoms with Gasteiger partial charge in [0, 0.05) is 35.3 Å². The summed E-state index contributed by atoms with van der Waals surface area (Å²) in [4.78, 5) is 20.5. The van der Waals surface area contributed by atoms with Gasteiger partial charge < -0.3 is 10.3 Å². The van der Waals surface area contributed by atoms with Gasteiger partial charge in [0.25, 0.3) is 0 Å². The second-order valence-electron chi connectivity index (χ2n) is 6.90. The molecule has 142 valence electrons. The van der Waals surface area contributed by atoms with Crippen LogP contribution in [0.3, 0.4) is 0 Å². The molecule has 5 rings (SSSR count). The van der Waals surface area contributed by atoms with Gasteiger partial charge in [-0.2, -0.15) is 4.98 Å². The summed E-state index contributed by atoms with van der Waals surface area (Å²) >= 11 is 7.80. The van der Waals surface area contributed by atoms with Crippen molar-refractivity contribution in [3.05, 3.63) is 70.6 Å². The number of benzene rings is 1. The summed E-state index contributed by atoms with van der Waals surface area (Å²) in [5, 5.41) is 9.46. The molecule has 2 atom stereocenters. The molecule has 0 unspecified atom stereocenters. The maximum absolute atomic E-state index is 12.7. The summed E-state index contributed by atoms with van der Waals surface area (Å²) < 4.78 is 1.85. The van der Waals surface area contributed by atoms with E-state index in [9.17, 15) is 4.79 Å². The zero-order valence-corrected chi connectivity index (χ0v) is 16.5. The highest BCUT2D eigenvalue weighted by molar-refractivity contribution is 7.98. The van der Waals surface area contributed by atoms with Crippen LogP contribution in [0.25, 0.3) is 0 Å². The average molecular weight is 412 g/mol. The molecule has 1 aliphatic carbocycles. The van der Waals surface area contributed by atoms with Gasteiger partial charge in [-0.25, -0.2) is 4.68 Å². The number of nitrogens with one attached hydrogen (secondary N) is 2. The zero-order valence-electron chi connectivity index (χ0n) is 14.9. The third-order valence-electron chi connectivity index (χ3n) is 5.16. The van der Waals surface area contributed by atoms with Crippen molar-refractivity contribution in [2.45, 2.75) is 29.8 Å². The SMILES string of the molecule is O=C1CCC=C2Nc3nc(SCc4ccccc4Cl)nn3[C@H](c3cc[nH]c3)[C@@H]12. The van der Waals surface area contributed by atoms with Crippen LogP contribution >= 0.6 is 23.4 Å². The van der Waals surface area contributed by atoms with E-state index in [1.54, 1.807) is 0 Å². The molecule has 1 aliphatic heterocycles. The number of thioether (sulfide) groups is 1. The Morgan fingerprint density at radius 1 is 1.29 bits per heavy atom. The fourth-order valence-corrected chi connectivity index (χ4v) is 4.94. The molecule has 0 radical (unpaired) electrons. The van der Waals surface area contributed by atoms with E-state index in [0.29, 0.717) is 23.3 Å². The number of ketones is 1.